The van der Waals surface area contributed by atoms with Crippen LogP contribution in [0.15, 0.2) is 30.3 Å². The fourth-order valence-corrected chi connectivity index (χ4v) is 2.90. The van der Waals surface area contributed by atoms with Crippen LogP contribution in [0.4, 0.5) is 0 Å². The number of hydrogen-bond donors (Lipinski definition) is 2. The average molecular weight is 294 g/mol. The summed E-state index contributed by atoms with van der Waals surface area (Å²) in [5.74, 6) is 0.0378. The molecule has 0 spiro atoms. The fraction of sp³-hybridized carbons (Fsp3) is 0.533. The lowest BCUT2D eigenvalue weighted by Crippen LogP contribution is -2.49. The maximum atomic E-state index is 9.28. The van der Waals surface area contributed by atoms with E-state index in [-0.39, 0.29) is 24.7 Å². The summed E-state index contributed by atoms with van der Waals surface area (Å²) in [4.78, 5) is 2.78. The number of ether oxygens (including phenoxy) is 1. The lowest BCUT2D eigenvalue weighted by Gasteiger charge is -2.37. The predicted octanol–water partition coefficient (Wildman–Crippen LogP) is 1.14. The number of benzene rings is 1. The smallest absolute Gasteiger partial charge is 0.0936 e. The van der Waals surface area contributed by atoms with Gasteiger partial charge in [-0.25, -0.2) is 0 Å². The molecule has 20 heavy (non-hydrogen) atoms. The Morgan fingerprint density at radius 2 is 2.15 bits per heavy atom. The molecule has 1 aromatic rings. The van der Waals surface area contributed by atoms with Crippen molar-refractivity contribution >= 4 is 17.2 Å². The van der Waals surface area contributed by atoms with Crippen LogP contribution in [0.1, 0.15) is 18.4 Å². The number of morpholine rings is 1. The Hall–Kier alpha value is -1.01. The first-order valence-corrected chi connectivity index (χ1v) is 7.34. The van der Waals surface area contributed by atoms with Crippen molar-refractivity contribution in [1.29, 1.82) is 0 Å². The van der Waals surface area contributed by atoms with Crippen LogP contribution in [-0.2, 0) is 4.74 Å². The Bertz CT molecular complexity index is 441. The first-order chi connectivity index (χ1) is 9.60. The molecule has 0 aromatic heterocycles. The van der Waals surface area contributed by atoms with Gasteiger partial charge in [0.05, 0.1) is 23.8 Å². The molecule has 0 aliphatic carbocycles. The van der Waals surface area contributed by atoms with Gasteiger partial charge < -0.3 is 15.6 Å². The highest BCUT2D eigenvalue weighted by Gasteiger charge is 2.27. The largest absolute Gasteiger partial charge is 0.394 e. The number of hydrogen-bond acceptors (Lipinski definition) is 4. The molecule has 1 heterocycles. The third-order valence-electron chi connectivity index (χ3n) is 3.59. The average Bonchev–Trinajstić information content (AvgIpc) is 2.44. The van der Waals surface area contributed by atoms with Crippen LogP contribution in [-0.4, -0.2) is 53.4 Å². The maximum absolute atomic E-state index is 9.28. The van der Waals surface area contributed by atoms with Crippen LogP contribution < -0.4 is 5.73 Å². The Morgan fingerprint density at radius 1 is 1.45 bits per heavy atom. The Balaban J connectivity index is 2.07. The van der Waals surface area contributed by atoms with Gasteiger partial charge >= 0.3 is 0 Å². The van der Waals surface area contributed by atoms with Crippen LogP contribution in [0, 0.1) is 0 Å². The highest BCUT2D eigenvalue weighted by Crippen LogP contribution is 2.20. The summed E-state index contributed by atoms with van der Waals surface area (Å²) < 4.78 is 5.66. The molecule has 110 valence electrons. The maximum Gasteiger partial charge on any atom is 0.0936 e. The van der Waals surface area contributed by atoms with Gasteiger partial charge in [0.1, 0.15) is 0 Å². The van der Waals surface area contributed by atoms with E-state index in [0.29, 0.717) is 11.5 Å². The quantitative estimate of drug-likeness (QED) is 0.798. The zero-order valence-electron chi connectivity index (χ0n) is 11.7. The third kappa shape index (κ3) is 3.99. The van der Waals surface area contributed by atoms with Crippen molar-refractivity contribution in [2.24, 2.45) is 5.73 Å². The number of aliphatic hydroxyl groups is 1. The molecule has 0 bridgehead atoms. The van der Waals surface area contributed by atoms with Crippen LogP contribution in [0.3, 0.4) is 0 Å². The summed E-state index contributed by atoms with van der Waals surface area (Å²) >= 11 is 5.23. The third-order valence-corrected chi connectivity index (χ3v) is 3.88. The Morgan fingerprint density at radius 3 is 2.75 bits per heavy atom. The second-order valence-electron chi connectivity index (χ2n) is 5.34. The second kappa shape index (κ2) is 7.13. The normalized spacial score (nSPS) is 25.3. The first kappa shape index (κ1) is 15.4. The van der Waals surface area contributed by atoms with E-state index in [4.69, 9.17) is 22.7 Å². The van der Waals surface area contributed by atoms with Crippen molar-refractivity contribution in [2.45, 2.75) is 25.0 Å². The molecule has 0 amide bonds. The zero-order valence-corrected chi connectivity index (χ0v) is 12.6. The van der Waals surface area contributed by atoms with Crippen molar-refractivity contribution in [3.63, 3.8) is 0 Å². The van der Waals surface area contributed by atoms with Crippen LogP contribution in [0.2, 0.25) is 0 Å². The predicted molar refractivity (Wildman–Crippen MR) is 83.8 cm³/mol. The molecule has 1 aliphatic rings. The van der Waals surface area contributed by atoms with Gasteiger partial charge in [-0.15, -0.1) is 0 Å². The summed E-state index contributed by atoms with van der Waals surface area (Å²) in [6.07, 6.45) is -0.00908. The van der Waals surface area contributed by atoms with Crippen molar-refractivity contribution in [3.8, 4) is 0 Å². The van der Waals surface area contributed by atoms with Gasteiger partial charge in [0, 0.05) is 25.6 Å². The molecule has 0 radical (unpaired) electrons. The lowest BCUT2D eigenvalue weighted by atomic mass is 9.98. The molecule has 1 fully saturated rings. The molecule has 1 aromatic carbocycles. The van der Waals surface area contributed by atoms with Crippen LogP contribution in [0.5, 0.6) is 0 Å². The highest BCUT2D eigenvalue weighted by molar-refractivity contribution is 7.80. The van der Waals surface area contributed by atoms with Crippen molar-refractivity contribution in [2.75, 3.05) is 26.2 Å². The molecule has 3 unspecified atom stereocenters. The van der Waals surface area contributed by atoms with Gasteiger partial charge in [-0.3, -0.25) is 4.90 Å². The van der Waals surface area contributed by atoms with E-state index in [1.165, 1.54) is 0 Å². The Labute approximate surface area is 125 Å². The molecule has 2 rings (SSSR count). The topological polar surface area (TPSA) is 58.7 Å². The lowest BCUT2D eigenvalue weighted by molar-refractivity contribution is -0.0951. The summed E-state index contributed by atoms with van der Waals surface area (Å²) in [7, 11) is 0. The standard InChI is InChI=1S/C15H22N2O2S/c1-11-7-17(8-13(10-18)19-11)9-14(15(16)20)12-5-3-2-4-6-12/h2-6,11,13-14,18H,7-10H2,1H3,(H2,16,20). The van der Waals surface area contributed by atoms with Gasteiger partial charge in [0.2, 0.25) is 0 Å². The van der Waals surface area contributed by atoms with E-state index in [9.17, 15) is 5.11 Å². The Kier molecular flexibility index (Phi) is 5.48. The monoisotopic (exact) mass is 294 g/mol. The van der Waals surface area contributed by atoms with Gasteiger partial charge in [-0.1, -0.05) is 42.5 Å². The van der Waals surface area contributed by atoms with Crippen LogP contribution >= 0.6 is 12.2 Å². The molecule has 1 saturated heterocycles. The van der Waals surface area contributed by atoms with E-state index < -0.39 is 0 Å². The van der Waals surface area contributed by atoms with Crippen molar-refractivity contribution in [1.82, 2.24) is 4.90 Å². The van der Waals surface area contributed by atoms with E-state index in [1.54, 1.807) is 0 Å². The summed E-state index contributed by atoms with van der Waals surface area (Å²) in [6.45, 7) is 4.38. The minimum absolute atomic E-state index is 0.0378. The van der Waals surface area contributed by atoms with Gasteiger partial charge in [0.15, 0.2) is 0 Å². The summed E-state index contributed by atoms with van der Waals surface area (Å²) in [5, 5.41) is 9.28. The minimum atomic E-state index is -0.124. The van der Waals surface area contributed by atoms with E-state index in [2.05, 4.69) is 17.0 Å². The molecule has 4 nitrogen and oxygen atoms in total. The number of aliphatic hydroxyl groups excluding tert-OH is 1. The van der Waals surface area contributed by atoms with E-state index in [0.717, 1.165) is 18.7 Å². The minimum Gasteiger partial charge on any atom is -0.394 e. The van der Waals surface area contributed by atoms with Crippen molar-refractivity contribution in [3.05, 3.63) is 35.9 Å². The van der Waals surface area contributed by atoms with Crippen molar-refractivity contribution < 1.29 is 9.84 Å². The first-order valence-electron chi connectivity index (χ1n) is 6.93. The molecule has 3 N–H and O–H groups in total. The van der Waals surface area contributed by atoms with Gasteiger partial charge in [-0.05, 0) is 12.5 Å². The second-order valence-corrected chi connectivity index (χ2v) is 5.81. The molecular weight excluding hydrogens is 272 g/mol. The molecule has 1 aliphatic heterocycles. The molecule has 3 atom stereocenters. The van der Waals surface area contributed by atoms with Gasteiger partial charge in [-0.2, -0.15) is 0 Å². The number of thiocarbonyl (C=S) groups is 1. The molecule has 5 heteroatoms. The molecule has 0 saturated carbocycles. The number of nitrogens with two attached hydrogens (primary N) is 1. The summed E-state index contributed by atoms with van der Waals surface area (Å²) in [5.41, 5.74) is 7.05. The highest BCUT2D eigenvalue weighted by atomic mass is 32.1. The van der Waals surface area contributed by atoms with Crippen LogP contribution in [0.25, 0.3) is 0 Å². The van der Waals surface area contributed by atoms with Gasteiger partial charge in [0.25, 0.3) is 0 Å². The van der Waals surface area contributed by atoms with E-state index >= 15 is 0 Å². The fourth-order valence-electron chi connectivity index (χ4n) is 2.69. The molecular formula is C15H22N2O2S. The SMILES string of the molecule is CC1CN(CC(C(N)=S)c2ccccc2)CC(CO)O1. The van der Waals surface area contributed by atoms with E-state index in [1.807, 2.05) is 25.1 Å². The summed E-state index contributed by atoms with van der Waals surface area (Å²) in [6, 6.07) is 10.1. The number of rotatable bonds is 5. The zero-order chi connectivity index (χ0) is 14.5. The number of nitrogens with zero attached hydrogens (tertiary/aromatic N) is 1.